The van der Waals surface area contributed by atoms with Gasteiger partial charge in [0.15, 0.2) is 0 Å². The first-order chi connectivity index (χ1) is 62.9. The predicted molar refractivity (Wildman–Crippen MR) is 465 cm³/mol. The largest absolute Gasteiger partial charge is 0.356 e. The Labute approximate surface area is 699 Å². The first kappa shape index (κ1) is 78.3. The lowest BCUT2D eigenvalue weighted by Crippen LogP contribution is -2.38. The van der Waals surface area contributed by atoms with Crippen LogP contribution in [0.3, 0.4) is 0 Å². The van der Waals surface area contributed by atoms with Crippen LogP contribution >= 0.6 is 0 Å². The Morgan fingerprint density at radius 2 is 0.947 bits per heavy atom. The highest BCUT2D eigenvalue weighted by Crippen LogP contribution is 2.43. The number of carbonyl (C=O) groups excluding carboxylic acids is 7. The fourth-order valence-electron chi connectivity index (χ4n) is 13.9. The number of benzene rings is 4. The first-order valence-corrected chi connectivity index (χ1v) is 41.2. The van der Waals surface area contributed by atoms with Crippen molar-refractivity contribution >= 4 is 52.2 Å². The first-order valence-electron chi connectivity index (χ1n) is 49.8. The molecule has 10 rings (SSSR count). The van der Waals surface area contributed by atoms with Crippen molar-refractivity contribution in [2.24, 2.45) is 5.92 Å². The molecule has 3 amide bonds. The number of nitrogens with one attached hydrogen (secondary N) is 5. The Hall–Kier alpha value is -9.63. The van der Waals surface area contributed by atoms with Gasteiger partial charge >= 0.3 is 0 Å². The molecule has 5 N–H and O–H groups in total. The summed E-state index contributed by atoms with van der Waals surface area (Å²) in [5, 5.41) is 49.8. The molecule has 0 aliphatic carbocycles. The maximum Gasteiger partial charge on any atom is 0.227 e. The Bertz CT molecular complexity index is 4420. The zero-order chi connectivity index (χ0) is 96.4. The molecule has 8 aromatic rings. The van der Waals surface area contributed by atoms with E-state index in [4.69, 9.17) is 21.7 Å². The number of para-hydroxylation sites is 2. The molecule has 26 heteroatoms. The van der Waals surface area contributed by atoms with E-state index in [-0.39, 0.29) is 98.8 Å². The maximum atomic E-state index is 13.1. The lowest BCUT2D eigenvalue weighted by Gasteiger charge is -2.28. The molecule has 114 heavy (non-hydrogen) atoms. The third kappa shape index (κ3) is 26.7. The van der Waals surface area contributed by atoms with Crippen molar-refractivity contribution in [1.82, 2.24) is 86.6 Å². The van der Waals surface area contributed by atoms with E-state index in [1.807, 2.05) is 187 Å². The van der Waals surface area contributed by atoms with Gasteiger partial charge in [0, 0.05) is 127 Å². The van der Waals surface area contributed by atoms with E-state index in [0.717, 1.165) is 156 Å². The molecule has 26 nitrogen and oxygen atoms in total. The zero-order valence-electron chi connectivity index (χ0n) is 84.4. The fraction of sp³-hybridized carbons (Fsp3) is 0.557. The number of nitrogens with zero attached hydrogens (tertiary/aromatic N) is 14. The minimum atomic E-state index is -0.161. The van der Waals surface area contributed by atoms with Crippen molar-refractivity contribution < 1.29 is 55.3 Å². The zero-order valence-corrected chi connectivity index (χ0v) is 69.4. The van der Waals surface area contributed by atoms with Gasteiger partial charge in [-0.2, -0.15) is 0 Å². The van der Waals surface area contributed by atoms with Gasteiger partial charge in [-0.15, -0.1) is 20.4 Å². The second-order valence-corrected chi connectivity index (χ2v) is 28.2. The number of hydrogen-bond acceptors (Lipinski definition) is 19. The highest BCUT2D eigenvalue weighted by Gasteiger charge is 2.32. The average molecular weight is 1610 g/mol. The maximum absolute atomic E-state index is 13.1. The molecule has 0 bridgehead atoms. The van der Waals surface area contributed by atoms with Gasteiger partial charge in [0.1, 0.15) is 34.5 Å². The van der Waals surface area contributed by atoms with Crippen LogP contribution in [0.2, 0.25) is 0 Å². The number of hydrogen-bond donors (Lipinski definition) is 5. The summed E-state index contributed by atoms with van der Waals surface area (Å²) < 4.78 is 93.8. The summed E-state index contributed by atoms with van der Waals surface area (Å²) in [4.78, 5) is 89.2. The van der Waals surface area contributed by atoms with Crippen LogP contribution in [0.1, 0.15) is 250 Å². The summed E-state index contributed by atoms with van der Waals surface area (Å²) in [7, 11) is 0.133. The molecule has 630 valence electrons. The van der Waals surface area contributed by atoms with Crippen molar-refractivity contribution in [1.29, 1.82) is 0 Å². The number of aryl methyl sites for hydroxylation is 3. The number of likely N-dealkylation sites (N-methyl/N-ethyl adjacent to an activating group) is 1. The molecule has 4 aromatic carbocycles. The van der Waals surface area contributed by atoms with Crippen LogP contribution in [0.15, 0.2) is 109 Å². The number of ketones is 4. The summed E-state index contributed by atoms with van der Waals surface area (Å²) in [5.74, 6) is 1.10. The number of aromatic nitrogens is 12. The second kappa shape index (κ2) is 50.6. The molecule has 5 unspecified atom stereocenters. The monoisotopic (exact) mass is 1610 g/mol. The van der Waals surface area contributed by atoms with Gasteiger partial charge < -0.3 is 36.4 Å². The highest BCUT2D eigenvalue weighted by atomic mass is 16.2. The van der Waals surface area contributed by atoms with Crippen LogP contribution in [0.25, 0.3) is 45.0 Å². The number of anilines is 2. The SMILES string of the molecule is [3H]CCC(=O)N1Cc2ccccc2-c2c(nnn2CCNC(CC)C(=O)CCC)-c2ccccc21.[3H]CCC(=O)N1Cc2ccccc2-c2nnn(CCNC(CC)C(=O)CCC)c2-c2ccccc21.[3H]CCc1cn(CCNC(CC)C(=O)CCC)nn1.[3H]CCc1cnnn1CCCC(CC)C(=O)NCC.[3H]CNC(CC)C(=O)CCC.[3H][3H].[3H][3H].[3H][3H].[3H][3H].[3H][3H]. The molecule has 4 aromatic heterocycles. The quantitative estimate of drug-likeness (QED) is 0.0238. The molecule has 0 spiro atoms. The van der Waals surface area contributed by atoms with Crippen molar-refractivity contribution in [3.05, 3.63) is 132 Å². The smallest absolute Gasteiger partial charge is 0.227 e. The molecule has 0 radical (unpaired) electrons. The Kier molecular flexibility index (Phi) is 34.7. The van der Waals surface area contributed by atoms with Crippen LogP contribution in [-0.4, -0.2) is 158 Å². The standard InChI is InChI=1S/2C27H33N5O2.2C13H24N4O.C8H17NO.5H2/c1-4-11-24(33)22(5-2)28-16-17-32-27-20-13-8-7-12-19(20)18-31(25(34)6-3)23-15-10-9-14-21(23)26(27)29-30-32;1-4-11-24(33)22(5-2)28-16-17-32-27-21-14-9-10-15-23(21)31(25(34)6-3)18-19-12-7-8-13-20(19)26(27)29-30-32;1-4-11(13(18)14-6-3)8-7-9-17-12(5-2)10-15-16-17;1-4-7-13(18)12(6-3)14-8-9-17-10-11(5-2)15-16-17;1-4-6-8(10)7(5-2)9-3;;;;;/h2*7-10,12-15,22,28H,4-6,11,16-18H2,1-3H3;10-11H,4-9H2,1-3H3,(H,14,18);10,12,14H,4-9H2,1-3H3;7,9H,4-6H2,1-3H3;5*1H/i2*3T;2*2T;3T;5*1+2T. The lowest BCUT2D eigenvalue weighted by molar-refractivity contribution is -0.125. The van der Waals surface area contributed by atoms with Crippen LogP contribution in [0, 0.1) is 5.92 Å². The molecule has 2 aliphatic rings. The van der Waals surface area contributed by atoms with E-state index >= 15 is 0 Å². The summed E-state index contributed by atoms with van der Waals surface area (Å²) in [6.07, 6.45) is 16.9. The highest BCUT2D eigenvalue weighted by molar-refractivity contribution is 6.01. The number of rotatable bonds is 40. The third-order valence-corrected chi connectivity index (χ3v) is 20.1. The summed E-state index contributed by atoms with van der Waals surface area (Å²) in [6.45, 7) is 26.8. The second-order valence-electron chi connectivity index (χ2n) is 28.2. The van der Waals surface area contributed by atoms with Crippen molar-refractivity contribution in [3.63, 3.8) is 0 Å². The van der Waals surface area contributed by atoms with E-state index in [0.29, 0.717) is 117 Å². The van der Waals surface area contributed by atoms with Gasteiger partial charge in [0.2, 0.25) is 17.7 Å². The average Bonchev–Trinajstić information content (AvgIpc) is 1.65. The van der Waals surface area contributed by atoms with E-state index in [2.05, 4.69) is 67.8 Å². The van der Waals surface area contributed by atoms with E-state index in [9.17, 15) is 33.6 Å². The molecular weight excluding hydrogens is 1440 g/mol. The van der Waals surface area contributed by atoms with Crippen LogP contribution in [0.5, 0.6) is 0 Å². The van der Waals surface area contributed by atoms with Gasteiger partial charge in [-0.1, -0.05) is 196 Å². The lowest BCUT2D eigenvalue weighted by atomic mass is 9.95. The Morgan fingerprint density at radius 3 is 1.45 bits per heavy atom. The van der Waals surface area contributed by atoms with Gasteiger partial charge in [0.25, 0.3) is 0 Å². The Morgan fingerprint density at radius 1 is 0.482 bits per heavy atom. The number of Topliss-reactive ketones (excluding diaryl/α,β-unsaturated/α-hetero) is 4. The molecule has 0 saturated heterocycles. The third-order valence-electron chi connectivity index (χ3n) is 20.1. The number of amides is 3. The number of carbonyl (C=O) groups is 7. The van der Waals surface area contributed by atoms with E-state index in [1.54, 1.807) is 20.7 Å². The van der Waals surface area contributed by atoms with Crippen LogP contribution in [-0.2, 0) is 85.7 Å². The van der Waals surface area contributed by atoms with Gasteiger partial charge in [0.05, 0.1) is 97.2 Å². The molecule has 5 atom stereocenters. The van der Waals surface area contributed by atoms with Crippen LogP contribution in [0.4, 0.5) is 11.4 Å². The minimum absolute atomic E-state index is 0.0452. The van der Waals surface area contributed by atoms with Crippen molar-refractivity contribution in [2.75, 3.05) is 43.0 Å². The topological polar surface area (TPSA) is 309 Å². The van der Waals surface area contributed by atoms with Crippen molar-refractivity contribution in [2.45, 2.75) is 282 Å². The normalized spacial score (nSPS) is 14.0. The van der Waals surface area contributed by atoms with Gasteiger partial charge in [-0.05, 0) is 121 Å². The van der Waals surface area contributed by atoms with Gasteiger partial charge in [-0.25, -0.2) is 14.0 Å². The van der Waals surface area contributed by atoms with E-state index < -0.39 is 0 Å². The van der Waals surface area contributed by atoms with Crippen molar-refractivity contribution in [3.8, 4) is 45.0 Å². The molecule has 0 fully saturated rings. The summed E-state index contributed by atoms with van der Waals surface area (Å²) in [5.41, 5.74) is 12.4. The van der Waals surface area contributed by atoms with Gasteiger partial charge in [-0.3, -0.25) is 38.2 Å². The summed E-state index contributed by atoms with van der Waals surface area (Å²) >= 11 is 0. The minimum Gasteiger partial charge on any atom is -0.356 e. The number of fused-ring (bicyclic) bond motifs is 10. The molecule has 6 heterocycles. The van der Waals surface area contributed by atoms with E-state index in [1.165, 1.54) is 0 Å². The predicted octanol–water partition coefficient (Wildman–Crippen LogP) is 15.2. The molecule has 2 aliphatic heterocycles. The molecular formula is C88H141N19O7. The summed E-state index contributed by atoms with van der Waals surface area (Å²) in [6, 6.07) is 31.1. The fourth-order valence-corrected chi connectivity index (χ4v) is 13.9. The Balaban J connectivity index is 0.000000824. The van der Waals surface area contributed by atoms with Crippen LogP contribution < -0.4 is 36.4 Å². The molecule has 0 saturated carbocycles.